The molecule has 8 nitrogen and oxygen atoms in total. The number of nitrogens with zero attached hydrogens (tertiary/aromatic N) is 3. The molecule has 3 atom stereocenters. The van der Waals surface area contributed by atoms with Gasteiger partial charge in [-0.25, -0.2) is 5.01 Å². The van der Waals surface area contributed by atoms with Crippen molar-refractivity contribution >= 4 is 46.6 Å². The molecule has 2 aliphatic rings. The fourth-order valence-corrected chi connectivity index (χ4v) is 4.85. The minimum Gasteiger partial charge on any atom is -0.272 e. The first-order chi connectivity index (χ1) is 15.7. The first-order valence-corrected chi connectivity index (χ1v) is 11.3. The summed E-state index contributed by atoms with van der Waals surface area (Å²) in [5, 5.41) is 13.6. The Bertz CT molecular complexity index is 1140. The Morgan fingerprint density at radius 2 is 1.73 bits per heavy atom. The van der Waals surface area contributed by atoms with Crippen molar-refractivity contribution in [3.8, 4) is 0 Å². The Morgan fingerprint density at radius 1 is 1.06 bits per heavy atom. The number of carbonyl (C=O) groups is 3. The second-order valence-electron chi connectivity index (χ2n) is 8.53. The maximum absolute atomic E-state index is 13.5. The lowest BCUT2D eigenvalue weighted by Crippen LogP contribution is -2.49. The predicted molar refractivity (Wildman–Crippen MR) is 121 cm³/mol. The number of hydrazine groups is 1. The van der Waals surface area contributed by atoms with Gasteiger partial charge in [-0.3, -0.25) is 24.5 Å². The summed E-state index contributed by atoms with van der Waals surface area (Å²) in [6.07, 6.45) is 2.04. The lowest BCUT2D eigenvalue weighted by molar-refractivity contribution is -0.384. The summed E-state index contributed by atoms with van der Waals surface area (Å²) in [7, 11) is 0. The van der Waals surface area contributed by atoms with Crippen LogP contribution in [0.3, 0.4) is 0 Å². The fraction of sp³-hybridized carbons (Fsp3) is 0.348. The molecule has 0 unspecified atom stereocenters. The first-order valence-electron chi connectivity index (χ1n) is 10.6. The van der Waals surface area contributed by atoms with Crippen LogP contribution in [0, 0.1) is 27.9 Å². The summed E-state index contributed by atoms with van der Waals surface area (Å²) in [5.74, 6) is -2.00. The van der Waals surface area contributed by atoms with Crippen molar-refractivity contribution in [2.75, 3.05) is 0 Å². The van der Waals surface area contributed by atoms with E-state index in [1.54, 1.807) is 18.2 Å². The second-order valence-corrected chi connectivity index (χ2v) is 9.35. The molecule has 0 bridgehead atoms. The van der Waals surface area contributed by atoms with Crippen LogP contribution in [0.4, 0.5) is 5.69 Å². The molecule has 10 heteroatoms. The number of halogens is 2. The number of amides is 3. The third-order valence-electron chi connectivity index (χ3n) is 6.28. The molecule has 1 saturated heterocycles. The summed E-state index contributed by atoms with van der Waals surface area (Å²) in [6.45, 7) is 1.95. The van der Waals surface area contributed by atoms with Gasteiger partial charge in [0.15, 0.2) is 0 Å². The van der Waals surface area contributed by atoms with Crippen molar-refractivity contribution in [1.82, 2.24) is 10.0 Å². The molecule has 2 aromatic carbocycles. The fourth-order valence-electron chi connectivity index (χ4n) is 4.53. The van der Waals surface area contributed by atoms with Crippen LogP contribution in [0.15, 0.2) is 42.5 Å². The maximum Gasteiger partial charge on any atom is 0.273 e. The second kappa shape index (κ2) is 9.11. The van der Waals surface area contributed by atoms with Crippen molar-refractivity contribution in [2.45, 2.75) is 32.7 Å². The van der Waals surface area contributed by atoms with Crippen molar-refractivity contribution in [3.05, 3.63) is 73.8 Å². The van der Waals surface area contributed by atoms with E-state index in [1.807, 2.05) is 6.92 Å². The SMILES string of the molecule is C[C@@H]1CC[C@@H]2C(=O)N(N(Cc3ccc(Cl)c(Cl)c3)C(=O)c3ccc([N+](=O)[O-])cc3)C(=O)[C@@H]2C1. The summed E-state index contributed by atoms with van der Waals surface area (Å²) >= 11 is 12.1. The molecular formula is C23H21Cl2N3O5. The lowest BCUT2D eigenvalue weighted by atomic mass is 9.76. The van der Waals surface area contributed by atoms with E-state index < -0.39 is 34.5 Å². The molecule has 1 saturated carbocycles. The van der Waals surface area contributed by atoms with Gasteiger partial charge in [0.2, 0.25) is 0 Å². The zero-order valence-electron chi connectivity index (χ0n) is 17.7. The molecular weight excluding hydrogens is 469 g/mol. The standard InChI is InChI=1S/C23H21Cl2N3O5/c1-13-2-8-17-18(10-13)23(31)27(22(17)30)26(12-14-3-9-19(24)20(25)11-14)21(29)15-4-6-16(7-5-15)28(32)33/h3-7,9,11,13,17-18H,2,8,10,12H2,1H3/t13-,17+,18-/m1/s1. The molecule has 4 rings (SSSR count). The number of nitro benzene ring substituents is 1. The Hall–Kier alpha value is -2.97. The molecule has 1 aliphatic heterocycles. The maximum atomic E-state index is 13.5. The number of imide groups is 1. The molecule has 172 valence electrons. The zero-order valence-corrected chi connectivity index (χ0v) is 19.3. The van der Waals surface area contributed by atoms with Crippen LogP contribution in [-0.4, -0.2) is 32.7 Å². The van der Waals surface area contributed by atoms with Gasteiger partial charge in [-0.15, -0.1) is 0 Å². The number of fused-ring (bicyclic) bond motifs is 1. The average Bonchev–Trinajstić information content (AvgIpc) is 3.03. The van der Waals surface area contributed by atoms with E-state index >= 15 is 0 Å². The Morgan fingerprint density at radius 3 is 2.36 bits per heavy atom. The topological polar surface area (TPSA) is 101 Å². The van der Waals surface area contributed by atoms with Crippen LogP contribution in [0.25, 0.3) is 0 Å². The predicted octanol–water partition coefficient (Wildman–Crippen LogP) is 4.88. The van der Waals surface area contributed by atoms with Crippen molar-refractivity contribution in [1.29, 1.82) is 0 Å². The zero-order chi connectivity index (χ0) is 23.9. The quantitative estimate of drug-likeness (QED) is 0.338. The number of rotatable bonds is 5. The van der Waals surface area contributed by atoms with Gasteiger partial charge in [0.25, 0.3) is 23.4 Å². The molecule has 0 radical (unpaired) electrons. The number of benzene rings is 2. The van der Waals surface area contributed by atoms with E-state index in [1.165, 1.54) is 24.3 Å². The minimum absolute atomic E-state index is 0.0980. The summed E-state index contributed by atoms with van der Waals surface area (Å²) < 4.78 is 0. The van der Waals surface area contributed by atoms with Gasteiger partial charge in [0.1, 0.15) is 0 Å². The van der Waals surface area contributed by atoms with Gasteiger partial charge in [-0.2, -0.15) is 5.01 Å². The highest BCUT2D eigenvalue weighted by atomic mass is 35.5. The van der Waals surface area contributed by atoms with Crippen LogP contribution >= 0.6 is 23.2 Å². The van der Waals surface area contributed by atoms with Crippen molar-refractivity contribution < 1.29 is 19.3 Å². The number of non-ortho nitro benzene ring substituents is 1. The molecule has 33 heavy (non-hydrogen) atoms. The van der Waals surface area contributed by atoms with E-state index in [9.17, 15) is 24.5 Å². The average molecular weight is 490 g/mol. The molecule has 0 N–H and O–H groups in total. The van der Waals surface area contributed by atoms with Gasteiger partial charge in [0.05, 0.1) is 33.3 Å². The van der Waals surface area contributed by atoms with Crippen LogP contribution in [0.1, 0.15) is 42.1 Å². The van der Waals surface area contributed by atoms with Gasteiger partial charge >= 0.3 is 0 Å². The monoisotopic (exact) mass is 489 g/mol. The van der Waals surface area contributed by atoms with E-state index in [-0.39, 0.29) is 22.8 Å². The highest BCUT2D eigenvalue weighted by Crippen LogP contribution is 2.41. The highest BCUT2D eigenvalue weighted by molar-refractivity contribution is 6.42. The van der Waals surface area contributed by atoms with E-state index in [0.717, 1.165) is 16.4 Å². The molecule has 3 amide bonds. The van der Waals surface area contributed by atoms with E-state index in [4.69, 9.17) is 23.2 Å². The lowest BCUT2D eigenvalue weighted by Gasteiger charge is -2.30. The largest absolute Gasteiger partial charge is 0.273 e. The van der Waals surface area contributed by atoms with Crippen molar-refractivity contribution in [3.63, 3.8) is 0 Å². The van der Waals surface area contributed by atoms with E-state index in [0.29, 0.717) is 29.3 Å². The molecule has 2 aromatic rings. The summed E-state index contributed by atoms with van der Waals surface area (Å²) in [6, 6.07) is 9.83. The molecule has 0 aromatic heterocycles. The summed E-state index contributed by atoms with van der Waals surface area (Å²) in [4.78, 5) is 50.5. The number of carbonyl (C=O) groups excluding carboxylic acids is 3. The van der Waals surface area contributed by atoms with Gasteiger partial charge < -0.3 is 0 Å². The normalized spacial score (nSPS) is 22.3. The number of hydrogen-bond donors (Lipinski definition) is 0. The number of hydrogen-bond acceptors (Lipinski definition) is 5. The first kappa shape index (κ1) is 23.2. The smallest absolute Gasteiger partial charge is 0.272 e. The third kappa shape index (κ3) is 4.45. The van der Waals surface area contributed by atoms with Gasteiger partial charge in [0, 0.05) is 17.7 Å². The Balaban J connectivity index is 1.71. The third-order valence-corrected chi connectivity index (χ3v) is 7.02. The minimum atomic E-state index is -0.621. The van der Waals surface area contributed by atoms with Crippen LogP contribution in [-0.2, 0) is 16.1 Å². The Labute approximate surface area is 200 Å². The molecule has 1 heterocycles. The molecule has 1 aliphatic carbocycles. The highest BCUT2D eigenvalue weighted by Gasteiger charge is 2.52. The number of nitro groups is 1. The van der Waals surface area contributed by atoms with Gasteiger partial charge in [-0.05, 0) is 55.0 Å². The molecule has 0 spiro atoms. The van der Waals surface area contributed by atoms with Crippen LogP contribution in [0.2, 0.25) is 10.0 Å². The van der Waals surface area contributed by atoms with Crippen LogP contribution < -0.4 is 0 Å². The van der Waals surface area contributed by atoms with E-state index in [2.05, 4.69) is 0 Å². The molecule has 2 fully saturated rings. The van der Waals surface area contributed by atoms with Gasteiger partial charge in [-0.1, -0.05) is 36.2 Å². The van der Waals surface area contributed by atoms with Crippen molar-refractivity contribution in [2.24, 2.45) is 17.8 Å². The Kier molecular flexibility index (Phi) is 6.41. The van der Waals surface area contributed by atoms with Crippen LogP contribution in [0.5, 0.6) is 0 Å². The summed E-state index contributed by atoms with van der Waals surface area (Å²) in [5.41, 5.74) is 0.518.